The van der Waals surface area contributed by atoms with E-state index >= 15 is 0 Å². The molecule has 3 rings (SSSR count). The summed E-state index contributed by atoms with van der Waals surface area (Å²) in [7, 11) is 1.63. The minimum absolute atomic E-state index is 0.0240. The molecular formula is C15H17F3N4O. The number of aromatic nitrogens is 3. The van der Waals surface area contributed by atoms with Gasteiger partial charge in [0, 0.05) is 20.2 Å². The highest BCUT2D eigenvalue weighted by Gasteiger charge is 2.35. The van der Waals surface area contributed by atoms with E-state index in [-0.39, 0.29) is 12.1 Å². The summed E-state index contributed by atoms with van der Waals surface area (Å²) >= 11 is 0. The molecule has 124 valence electrons. The van der Waals surface area contributed by atoms with Crippen LogP contribution in [0.15, 0.2) is 30.6 Å². The predicted molar refractivity (Wildman–Crippen MR) is 76.4 cm³/mol. The van der Waals surface area contributed by atoms with Crippen molar-refractivity contribution in [2.75, 3.05) is 13.7 Å². The van der Waals surface area contributed by atoms with Gasteiger partial charge in [-0.15, -0.1) is 0 Å². The molecule has 2 heterocycles. The van der Waals surface area contributed by atoms with Gasteiger partial charge in [0.15, 0.2) is 0 Å². The number of benzene rings is 1. The molecule has 2 aromatic rings. The van der Waals surface area contributed by atoms with Crippen LogP contribution in [0, 0.1) is 0 Å². The lowest BCUT2D eigenvalue weighted by molar-refractivity contribution is -0.137. The number of nitrogens with one attached hydrogen (secondary N) is 1. The zero-order chi connectivity index (χ0) is 16.4. The maximum absolute atomic E-state index is 12.8. The van der Waals surface area contributed by atoms with E-state index in [0.29, 0.717) is 24.5 Å². The Kier molecular flexibility index (Phi) is 4.36. The second-order valence-electron chi connectivity index (χ2n) is 5.61. The van der Waals surface area contributed by atoms with E-state index in [4.69, 9.17) is 4.74 Å². The van der Waals surface area contributed by atoms with E-state index in [1.165, 1.54) is 18.5 Å². The third-order valence-electron chi connectivity index (χ3n) is 4.09. The van der Waals surface area contributed by atoms with Crippen LogP contribution < -0.4 is 0 Å². The van der Waals surface area contributed by atoms with Gasteiger partial charge in [0.25, 0.3) is 0 Å². The van der Waals surface area contributed by atoms with Gasteiger partial charge in [-0.05, 0) is 18.1 Å². The van der Waals surface area contributed by atoms with Crippen molar-refractivity contribution >= 4 is 0 Å². The first-order valence-corrected chi connectivity index (χ1v) is 7.25. The molecule has 23 heavy (non-hydrogen) atoms. The van der Waals surface area contributed by atoms with Crippen molar-refractivity contribution in [2.45, 2.75) is 31.3 Å². The lowest BCUT2D eigenvalue weighted by Crippen LogP contribution is -2.25. The molecule has 0 unspecified atom stereocenters. The molecular weight excluding hydrogens is 309 g/mol. The number of hydrogen-bond acceptors (Lipinski definition) is 4. The molecule has 2 atom stereocenters. The van der Waals surface area contributed by atoms with Crippen LogP contribution in [0.1, 0.15) is 29.4 Å². The Hall–Kier alpha value is -1.93. The van der Waals surface area contributed by atoms with Gasteiger partial charge in [0.05, 0.1) is 17.7 Å². The van der Waals surface area contributed by atoms with Gasteiger partial charge < -0.3 is 4.74 Å². The quantitative estimate of drug-likeness (QED) is 0.939. The summed E-state index contributed by atoms with van der Waals surface area (Å²) in [4.78, 5) is 6.23. The van der Waals surface area contributed by atoms with Crippen molar-refractivity contribution < 1.29 is 17.9 Å². The van der Waals surface area contributed by atoms with Crippen molar-refractivity contribution in [2.24, 2.45) is 0 Å². The zero-order valence-electron chi connectivity index (χ0n) is 12.5. The van der Waals surface area contributed by atoms with Crippen molar-refractivity contribution in [3.8, 4) is 0 Å². The monoisotopic (exact) mass is 326 g/mol. The zero-order valence-corrected chi connectivity index (χ0v) is 12.5. The van der Waals surface area contributed by atoms with Crippen LogP contribution in [0.25, 0.3) is 0 Å². The number of halogens is 3. The van der Waals surface area contributed by atoms with Gasteiger partial charge in [-0.25, -0.2) is 4.98 Å². The number of hydrogen-bond donors (Lipinski definition) is 1. The number of aromatic amines is 1. The topological polar surface area (TPSA) is 54.0 Å². The van der Waals surface area contributed by atoms with Crippen LogP contribution >= 0.6 is 0 Å². The highest BCUT2D eigenvalue weighted by atomic mass is 19.4. The maximum Gasteiger partial charge on any atom is 0.416 e. The molecule has 0 amide bonds. The molecule has 0 saturated carbocycles. The van der Waals surface area contributed by atoms with Crippen molar-refractivity contribution in [3.05, 3.63) is 47.5 Å². The molecule has 0 bridgehead atoms. The Labute approximate surface area is 131 Å². The fourth-order valence-electron chi connectivity index (χ4n) is 2.95. The molecule has 1 aliphatic heterocycles. The molecule has 8 heteroatoms. The molecule has 1 aromatic carbocycles. The Bertz CT molecular complexity index is 644. The first-order chi connectivity index (χ1) is 11.0. The largest absolute Gasteiger partial charge is 0.416 e. The number of methoxy groups -OCH3 is 1. The van der Waals surface area contributed by atoms with Gasteiger partial charge in [0.1, 0.15) is 12.2 Å². The molecule has 0 spiro atoms. The van der Waals surface area contributed by atoms with Crippen molar-refractivity contribution in [3.63, 3.8) is 0 Å². The minimum atomic E-state index is -4.33. The average Bonchev–Trinajstić information content (AvgIpc) is 3.15. The van der Waals surface area contributed by atoms with Crippen molar-refractivity contribution in [1.82, 2.24) is 20.1 Å². The maximum atomic E-state index is 12.8. The minimum Gasteiger partial charge on any atom is -0.380 e. The normalized spacial score (nSPS) is 22.6. The Morgan fingerprint density at radius 2 is 2.22 bits per heavy atom. The molecule has 1 fully saturated rings. The van der Waals surface area contributed by atoms with Gasteiger partial charge in [-0.1, -0.05) is 18.2 Å². The average molecular weight is 326 g/mol. The van der Waals surface area contributed by atoms with Gasteiger partial charge in [-0.2, -0.15) is 18.3 Å². The summed E-state index contributed by atoms with van der Waals surface area (Å²) in [5.41, 5.74) is -0.0187. The number of H-pyrrole nitrogens is 1. The van der Waals surface area contributed by atoms with Crippen LogP contribution in [-0.4, -0.2) is 39.8 Å². The first-order valence-electron chi connectivity index (χ1n) is 7.25. The number of nitrogens with zero attached hydrogens (tertiary/aromatic N) is 3. The SMILES string of the molecule is CO[C@@H]1C[C@@H](c2ncn[nH]2)N(Cc2cccc(C(F)(F)F)c2)C1. The molecule has 1 aromatic heterocycles. The number of rotatable bonds is 4. The van der Waals surface area contributed by atoms with E-state index in [2.05, 4.69) is 20.1 Å². The Morgan fingerprint density at radius 3 is 2.87 bits per heavy atom. The standard InChI is InChI=1S/C15H17F3N4O/c1-23-12-6-13(14-19-9-20-21-14)22(8-12)7-10-3-2-4-11(5-10)15(16,17)18/h2-5,9,12-13H,6-8H2,1H3,(H,19,20,21)/t12-,13+/m1/s1. The summed E-state index contributed by atoms with van der Waals surface area (Å²) in [5, 5.41) is 6.69. The Morgan fingerprint density at radius 1 is 1.39 bits per heavy atom. The van der Waals surface area contributed by atoms with Crippen LogP contribution in [0.5, 0.6) is 0 Å². The van der Waals surface area contributed by atoms with E-state index < -0.39 is 11.7 Å². The van der Waals surface area contributed by atoms with Crippen LogP contribution in [0.3, 0.4) is 0 Å². The van der Waals surface area contributed by atoms with Crippen molar-refractivity contribution in [1.29, 1.82) is 0 Å². The Balaban J connectivity index is 1.80. The molecule has 5 nitrogen and oxygen atoms in total. The summed E-state index contributed by atoms with van der Waals surface area (Å²) < 4.78 is 43.9. The van der Waals surface area contributed by atoms with Gasteiger partial charge in [0.2, 0.25) is 0 Å². The molecule has 1 saturated heterocycles. The summed E-state index contributed by atoms with van der Waals surface area (Å²) in [5.74, 6) is 0.705. The fraction of sp³-hybridized carbons (Fsp3) is 0.467. The lowest BCUT2D eigenvalue weighted by atomic mass is 10.1. The smallest absolute Gasteiger partial charge is 0.380 e. The second-order valence-corrected chi connectivity index (χ2v) is 5.61. The predicted octanol–water partition coefficient (Wildman–Crippen LogP) is 2.79. The summed E-state index contributed by atoms with van der Waals surface area (Å²) in [6.45, 7) is 1.03. The van der Waals surface area contributed by atoms with E-state index in [1.807, 2.05) is 0 Å². The van der Waals surface area contributed by atoms with Gasteiger partial charge >= 0.3 is 6.18 Å². The number of likely N-dealkylation sites (tertiary alicyclic amines) is 1. The van der Waals surface area contributed by atoms with Gasteiger partial charge in [-0.3, -0.25) is 10.00 Å². The lowest BCUT2D eigenvalue weighted by Gasteiger charge is -2.22. The highest BCUT2D eigenvalue weighted by molar-refractivity contribution is 5.26. The number of ether oxygens (including phenoxy) is 1. The molecule has 0 aliphatic carbocycles. The van der Waals surface area contributed by atoms with Crippen LogP contribution in [0.4, 0.5) is 13.2 Å². The van der Waals surface area contributed by atoms with E-state index in [0.717, 1.165) is 12.5 Å². The third-order valence-corrected chi connectivity index (χ3v) is 4.09. The van der Waals surface area contributed by atoms with Crippen LogP contribution in [-0.2, 0) is 17.5 Å². The summed E-state index contributed by atoms with van der Waals surface area (Å²) in [6.07, 6.45) is -2.15. The second kappa shape index (κ2) is 6.29. The molecule has 1 N–H and O–H groups in total. The fourth-order valence-corrected chi connectivity index (χ4v) is 2.95. The molecule has 1 aliphatic rings. The number of alkyl halides is 3. The van der Waals surface area contributed by atoms with E-state index in [9.17, 15) is 13.2 Å². The summed E-state index contributed by atoms with van der Waals surface area (Å²) in [6, 6.07) is 5.37. The molecule has 0 radical (unpaired) electrons. The first kappa shape index (κ1) is 15.9. The highest BCUT2D eigenvalue weighted by Crippen LogP contribution is 2.34. The van der Waals surface area contributed by atoms with Crippen LogP contribution in [0.2, 0.25) is 0 Å². The van der Waals surface area contributed by atoms with E-state index in [1.54, 1.807) is 13.2 Å². The third kappa shape index (κ3) is 3.53.